The van der Waals surface area contributed by atoms with Crippen molar-refractivity contribution in [3.8, 4) is 5.75 Å². The van der Waals surface area contributed by atoms with Crippen LogP contribution in [0.3, 0.4) is 0 Å². The smallest absolute Gasteiger partial charge is 0.239 e. The molecule has 1 fully saturated rings. The summed E-state index contributed by atoms with van der Waals surface area (Å²) in [6.07, 6.45) is 1.61. The Morgan fingerprint density at radius 3 is 2.80 bits per heavy atom. The van der Waals surface area contributed by atoms with Crippen LogP contribution in [0.4, 0.5) is 0 Å². The number of carbonyl (C=O) groups is 3. The first-order valence-electron chi connectivity index (χ1n) is 8.77. The molecule has 1 unspecified atom stereocenters. The lowest BCUT2D eigenvalue weighted by Crippen LogP contribution is -2.44. The summed E-state index contributed by atoms with van der Waals surface area (Å²) in [6, 6.07) is 7.28. The number of nitrogens with zero attached hydrogens (tertiary/aromatic N) is 1. The van der Waals surface area contributed by atoms with Gasteiger partial charge < -0.3 is 15.0 Å². The topological polar surface area (TPSA) is 75.7 Å². The quantitative estimate of drug-likeness (QED) is 0.909. The van der Waals surface area contributed by atoms with Crippen molar-refractivity contribution in [1.82, 2.24) is 10.2 Å². The maximum atomic E-state index is 12.5. The summed E-state index contributed by atoms with van der Waals surface area (Å²) in [5.74, 6) is 0.425. The summed E-state index contributed by atoms with van der Waals surface area (Å²) in [5.41, 5.74) is -0.0402. The minimum absolute atomic E-state index is 0.0386. The Labute approximate surface area is 147 Å². The lowest BCUT2D eigenvalue weighted by molar-refractivity contribution is -0.135. The zero-order valence-electron chi connectivity index (χ0n) is 14.7. The van der Waals surface area contributed by atoms with Gasteiger partial charge in [-0.05, 0) is 32.4 Å². The van der Waals surface area contributed by atoms with Crippen molar-refractivity contribution in [3.63, 3.8) is 0 Å². The van der Waals surface area contributed by atoms with Crippen molar-refractivity contribution in [2.45, 2.75) is 51.2 Å². The second kappa shape index (κ2) is 6.86. The normalized spacial score (nSPS) is 23.2. The predicted octanol–water partition coefficient (Wildman–Crippen LogP) is 1.93. The van der Waals surface area contributed by atoms with Gasteiger partial charge in [-0.1, -0.05) is 12.1 Å². The van der Waals surface area contributed by atoms with E-state index in [9.17, 15) is 14.4 Å². The van der Waals surface area contributed by atoms with E-state index in [4.69, 9.17) is 4.74 Å². The van der Waals surface area contributed by atoms with Crippen LogP contribution in [0.25, 0.3) is 0 Å². The van der Waals surface area contributed by atoms with E-state index in [0.717, 1.165) is 0 Å². The molecular formula is C19H24N2O4. The van der Waals surface area contributed by atoms with Crippen molar-refractivity contribution in [1.29, 1.82) is 0 Å². The molecule has 0 saturated carbocycles. The molecule has 1 aromatic carbocycles. The fraction of sp³-hybridized carbons (Fsp3) is 0.526. The third-order valence-corrected chi connectivity index (χ3v) is 4.77. The number of amides is 2. The van der Waals surface area contributed by atoms with E-state index in [-0.39, 0.29) is 43.0 Å². The van der Waals surface area contributed by atoms with Crippen molar-refractivity contribution in [3.05, 3.63) is 29.8 Å². The van der Waals surface area contributed by atoms with Gasteiger partial charge in [0.05, 0.1) is 18.5 Å². The van der Waals surface area contributed by atoms with Crippen LogP contribution in [-0.4, -0.2) is 47.2 Å². The third-order valence-electron chi connectivity index (χ3n) is 4.77. The Balaban J connectivity index is 1.72. The maximum Gasteiger partial charge on any atom is 0.239 e. The number of carbonyl (C=O) groups excluding carboxylic acids is 3. The average molecular weight is 344 g/mol. The number of fused-ring (bicyclic) bond motifs is 1. The van der Waals surface area contributed by atoms with E-state index in [2.05, 4.69) is 5.32 Å². The highest BCUT2D eigenvalue weighted by Gasteiger charge is 2.43. The van der Waals surface area contributed by atoms with E-state index >= 15 is 0 Å². The Morgan fingerprint density at radius 1 is 1.28 bits per heavy atom. The molecule has 134 valence electrons. The first kappa shape index (κ1) is 17.5. The standard InChI is InChI=1S/C19H24N2O4/c1-13(2)20-17(23)12-21-10-9-19(8-7-18(21)24)11-15(22)14-5-3-4-6-16(14)25-19/h3-6,13H,7-12H2,1-2H3,(H,20,23). The Hall–Kier alpha value is -2.37. The van der Waals surface area contributed by atoms with Gasteiger partial charge in [-0.25, -0.2) is 0 Å². The Bertz CT molecular complexity index is 700. The molecule has 1 atom stereocenters. The van der Waals surface area contributed by atoms with Crippen molar-refractivity contribution < 1.29 is 19.1 Å². The summed E-state index contributed by atoms with van der Waals surface area (Å²) in [6.45, 7) is 4.24. The van der Waals surface area contributed by atoms with E-state index < -0.39 is 5.60 Å². The molecule has 2 aliphatic rings. The summed E-state index contributed by atoms with van der Waals surface area (Å²) < 4.78 is 6.18. The number of nitrogens with one attached hydrogen (secondary N) is 1. The van der Waals surface area contributed by atoms with Gasteiger partial charge >= 0.3 is 0 Å². The predicted molar refractivity (Wildman–Crippen MR) is 92.5 cm³/mol. The van der Waals surface area contributed by atoms with Crippen LogP contribution in [0.15, 0.2) is 24.3 Å². The molecule has 2 aliphatic heterocycles. The highest BCUT2D eigenvalue weighted by molar-refractivity contribution is 6.00. The van der Waals surface area contributed by atoms with E-state index in [0.29, 0.717) is 30.7 Å². The van der Waals surface area contributed by atoms with Gasteiger partial charge in [0.15, 0.2) is 5.78 Å². The van der Waals surface area contributed by atoms with Crippen LogP contribution in [0.2, 0.25) is 0 Å². The summed E-state index contributed by atoms with van der Waals surface area (Å²) >= 11 is 0. The highest BCUT2D eigenvalue weighted by Crippen LogP contribution is 2.39. The molecule has 6 nitrogen and oxygen atoms in total. The summed E-state index contributed by atoms with van der Waals surface area (Å²) in [5, 5.41) is 2.80. The lowest BCUT2D eigenvalue weighted by atomic mass is 9.84. The monoisotopic (exact) mass is 344 g/mol. The summed E-state index contributed by atoms with van der Waals surface area (Å²) in [4.78, 5) is 38.4. The van der Waals surface area contributed by atoms with Crippen LogP contribution in [0.5, 0.6) is 5.75 Å². The first-order valence-corrected chi connectivity index (χ1v) is 8.77. The van der Waals surface area contributed by atoms with Crippen molar-refractivity contribution in [2.24, 2.45) is 0 Å². The van der Waals surface area contributed by atoms with Gasteiger partial charge in [0.2, 0.25) is 11.8 Å². The van der Waals surface area contributed by atoms with Crippen LogP contribution < -0.4 is 10.1 Å². The number of hydrogen-bond donors (Lipinski definition) is 1. The van der Waals surface area contributed by atoms with E-state index in [1.807, 2.05) is 26.0 Å². The molecule has 0 radical (unpaired) electrons. The van der Waals surface area contributed by atoms with Crippen molar-refractivity contribution in [2.75, 3.05) is 13.1 Å². The summed E-state index contributed by atoms with van der Waals surface area (Å²) in [7, 11) is 0. The van der Waals surface area contributed by atoms with Gasteiger partial charge in [0, 0.05) is 25.4 Å². The zero-order chi connectivity index (χ0) is 18.0. The SMILES string of the molecule is CC(C)NC(=O)CN1CCC2(CCC1=O)CC(=O)c1ccccc1O2. The molecule has 2 amide bonds. The molecule has 2 heterocycles. The van der Waals surface area contributed by atoms with Gasteiger partial charge in [-0.2, -0.15) is 0 Å². The third kappa shape index (κ3) is 3.83. The molecule has 0 aromatic heterocycles. The highest BCUT2D eigenvalue weighted by atomic mass is 16.5. The minimum Gasteiger partial charge on any atom is -0.486 e. The molecule has 1 N–H and O–H groups in total. The Morgan fingerprint density at radius 2 is 2.04 bits per heavy atom. The van der Waals surface area contributed by atoms with E-state index in [1.165, 1.54) is 0 Å². The zero-order valence-corrected chi connectivity index (χ0v) is 14.7. The number of benzene rings is 1. The molecule has 1 spiro atoms. The lowest BCUT2D eigenvalue weighted by Gasteiger charge is -2.37. The Kier molecular flexibility index (Phi) is 4.79. The van der Waals surface area contributed by atoms with Gasteiger partial charge in [-0.15, -0.1) is 0 Å². The van der Waals surface area contributed by atoms with Crippen molar-refractivity contribution >= 4 is 17.6 Å². The van der Waals surface area contributed by atoms with Crippen LogP contribution in [0.1, 0.15) is 49.9 Å². The molecule has 0 aliphatic carbocycles. The fourth-order valence-electron chi connectivity index (χ4n) is 3.51. The van der Waals surface area contributed by atoms with E-state index in [1.54, 1.807) is 17.0 Å². The second-order valence-electron chi connectivity index (χ2n) is 7.17. The number of Topliss-reactive ketones (excluding diaryl/α,β-unsaturated/α-hetero) is 1. The number of likely N-dealkylation sites (tertiary alicyclic amines) is 1. The number of rotatable bonds is 3. The molecule has 1 aromatic rings. The number of ketones is 1. The van der Waals surface area contributed by atoms with Gasteiger partial charge in [-0.3, -0.25) is 14.4 Å². The largest absolute Gasteiger partial charge is 0.486 e. The molecule has 6 heteroatoms. The second-order valence-corrected chi connectivity index (χ2v) is 7.17. The molecule has 1 saturated heterocycles. The van der Waals surface area contributed by atoms with Crippen LogP contribution >= 0.6 is 0 Å². The van der Waals surface area contributed by atoms with Gasteiger partial charge in [0.1, 0.15) is 11.4 Å². The number of para-hydroxylation sites is 1. The maximum absolute atomic E-state index is 12.5. The fourth-order valence-corrected chi connectivity index (χ4v) is 3.51. The first-order chi connectivity index (χ1) is 11.9. The number of hydrogen-bond acceptors (Lipinski definition) is 4. The van der Waals surface area contributed by atoms with Crippen LogP contribution in [-0.2, 0) is 9.59 Å². The molecular weight excluding hydrogens is 320 g/mol. The van der Waals surface area contributed by atoms with Gasteiger partial charge in [0.25, 0.3) is 0 Å². The molecule has 3 rings (SSSR count). The number of ether oxygens (including phenoxy) is 1. The molecule has 0 bridgehead atoms. The minimum atomic E-state index is -0.648. The average Bonchev–Trinajstić information content (AvgIpc) is 2.68. The van der Waals surface area contributed by atoms with Crippen LogP contribution in [0, 0.1) is 0 Å². The molecule has 25 heavy (non-hydrogen) atoms.